The lowest BCUT2D eigenvalue weighted by atomic mass is 10.1. The molecule has 1 amide bonds. The number of nitrogens with one attached hydrogen (secondary N) is 1. The molecule has 3 nitrogen and oxygen atoms in total. The summed E-state index contributed by atoms with van der Waals surface area (Å²) in [6.07, 6.45) is 2.02. The van der Waals surface area contributed by atoms with E-state index in [9.17, 15) is 4.79 Å². The first kappa shape index (κ1) is 13.2. The second kappa shape index (κ2) is 5.63. The van der Waals surface area contributed by atoms with Crippen molar-refractivity contribution in [1.82, 2.24) is 5.32 Å². The van der Waals surface area contributed by atoms with Gasteiger partial charge in [-0.3, -0.25) is 4.79 Å². The molecule has 0 bridgehead atoms. The van der Waals surface area contributed by atoms with Crippen LogP contribution in [0.25, 0.3) is 10.1 Å². The number of anilines is 1. The molecule has 0 aliphatic rings. The number of nitrogens with two attached hydrogens (primary N) is 1. The number of thioether (sulfide) groups is 1. The van der Waals surface area contributed by atoms with Gasteiger partial charge in [-0.1, -0.05) is 11.6 Å². The zero-order valence-electron chi connectivity index (χ0n) is 10.4. The van der Waals surface area contributed by atoms with Crippen molar-refractivity contribution in [3.05, 3.63) is 28.6 Å². The van der Waals surface area contributed by atoms with Gasteiger partial charge in [0.2, 0.25) is 0 Å². The van der Waals surface area contributed by atoms with Crippen LogP contribution in [0.2, 0.25) is 0 Å². The second-order valence-electron chi connectivity index (χ2n) is 4.09. The Labute approximate surface area is 115 Å². The van der Waals surface area contributed by atoms with E-state index in [2.05, 4.69) is 5.32 Å². The highest BCUT2D eigenvalue weighted by molar-refractivity contribution is 7.98. The second-order valence-corrected chi connectivity index (χ2v) is 6.13. The van der Waals surface area contributed by atoms with Crippen LogP contribution in [0.4, 0.5) is 5.69 Å². The van der Waals surface area contributed by atoms with Crippen LogP contribution in [-0.4, -0.2) is 24.5 Å². The van der Waals surface area contributed by atoms with E-state index in [-0.39, 0.29) is 5.91 Å². The van der Waals surface area contributed by atoms with Crippen molar-refractivity contribution in [2.45, 2.75) is 6.92 Å². The van der Waals surface area contributed by atoms with Crippen molar-refractivity contribution >= 4 is 44.8 Å². The number of hydrogen-bond donors (Lipinski definition) is 2. The van der Waals surface area contributed by atoms with Crippen molar-refractivity contribution in [2.75, 3.05) is 24.3 Å². The lowest BCUT2D eigenvalue weighted by molar-refractivity contribution is 0.0961. The summed E-state index contributed by atoms with van der Waals surface area (Å²) in [6, 6.07) is 6.08. The number of rotatable bonds is 4. The molecule has 96 valence electrons. The summed E-state index contributed by atoms with van der Waals surface area (Å²) in [5, 5.41) is 3.87. The van der Waals surface area contributed by atoms with Gasteiger partial charge in [-0.05, 0) is 25.3 Å². The third kappa shape index (κ3) is 2.62. The van der Waals surface area contributed by atoms with Gasteiger partial charge < -0.3 is 11.1 Å². The SMILES string of the molecule is CSCCNC(=O)c1sc2ccc(C)cc2c1N. The lowest BCUT2D eigenvalue weighted by Crippen LogP contribution is -2.25. The van der Waals surface area contributed by atoms with Crippen LogP contribution < -0.4 is 11.1 Å². The molecule has 0 atom stereocenters. The van der Waals surface area contributed by atoms with Gasteiger partial charge in [0.1, 0.15) is 4.88 Å². The number of benzene rings is 1. The zero-order chi connectivity index (χ0) is 13.1. The van der Waals surface area contributed by atoms with Crippen LogP contribution in [0.15, 0.2) is 18.2 Å². The summed E-state index contributed by atoms with van der Waals surface area (Å²) in [6.45, 7) is 2.70. The third-order valence-corrected chi connectivity index (χ3v) is 4.48. The van der Waals surface area contributed by atoms with Crippen LogP contribution in [0, 0.1) is 6.92 Å². The van der Waals surface area contributed by atoms with Gasteiger partial charge in [0.05, 0.1) is 5.69 Å². The van der Waals surface area contributed by atoms with E-state index in [1.165, 1.54) is 11.3 Å². The summed E-state index contributed by atoms with van der Waals surface area (Å²) in [7, 11) is 0. The molecule has 3 N–H and O–H groups in total. The molecule has 1 heterocycles. The van der Waals surface area contributed by atoms with Crippen molar-refractivity contribution in [2.24, 2.45) is 0 Å². The van der Waals surface area contributed by atoms with Gasteiger partial charge in [-0.2, -0.15) is 11.8 Å². The molecule has 1 aromatic heterocycles. The minimum atomic E-state index is -0.0691. The summed E-state index contributed by atoms with van der Waals surface area (Å²) in [5.41, 5.74) is 7.81. The number of carbonyl (C=O) groups is 1. The van der Waals surface area contributed by atoms with E-state index in [1.807, 2.05) is 31.4 Å². The first-order valence-corrected chi connectivity index (χ1v) is 7.90. The molecule has 1 aromatic carbocycles. The number of aryl methyl sites for hydroxylation is 1. The van der Waals surface area contributed by atoms with Crippen LogP contribution in [0.1, 0.15) is 15.2 Å². The van der Waals surface area contributed by atoms with Crippen molar-refractivity contribution in [3.8, 4) is 0 Å². The predicted molar refractivity (Wildman–Crippen MR) is 81.7 cm³/mol. The Morgan fingerprint density at radius 2 is 2.28 bits per heavy atom. The largest absolute Gasteiger partial charge is 0.397 e. The number of nitrogen functional groups attached to an aromatic ring is 1. The molecule has 0 unspecified atom stereocenters. The number of thiophene rings is 1. The highest BCUT2D eigenvalue weighted by Crippen LogP contribution is 2.34. The summed E-state index contributed by atoms with van der Waals surface area (Å²) in [5.74, 6) is 0.843. The van der Waals surface area contributed by atoms with Gasteiger partial charge in [0.15, 0.2) is 0 Å². The standard InChI is InChI=1S/C13H16N2OS2/c1-8-3-4-10-9(7-8)11(14)12(18-10)13(16)15-5-6-17-2/h3-4,7H,5-6,14H2,1-2H3,(H,15,16). The Kier molecular flexibility index (Phi) is 4.14. The maximum atomic E-state index is 12.0. The summed E-state index contributed by atoms with van der Waals surface area (Å²) >= 11 is 3.16. The molecule has 0 radical (unpaired) electrons. The summed E-state index contributed by atoms with van der Waals surface area (Å²) < 4.78 is 1.06. The van der Waals surface area contributed by atoms with Crippen molar-refractivity contribution in [1.29, 1.82) is 0 Å². The molecule has 0 saturated heterocycles. The Hall–Kier alpha value is -1.20. The van der Waals surface area contributed by atoms with Gasteiger partial charge in [-0.25, -0.2) is 0 Å². The third-order valence-electron chi connectivity index (χ3n) is 2.68. The van der Waals surface area contributed by atoms with E-state index in [4.69, 9.17) is 5.73 Å². The average molecular weight is 280 g/mol. The Morgan fingerprint density at radius 3 is 3.00 bits per heavy atom. The van der Waals surface area contributed by atoms with Crippen molar-refractivity contribution in [3.63, 3.8) is 0 Å². The topological polar surface area (TPSA) is 55.1 Å². The predicted octanol–water partition coefficient (Wildman–Crippen LogP) is 2.88. The normalized spacial score (nSPS) is 10.8. The van der Waals surface area contributed by atoms with E-state index < -0.39 is 0 Å². The van der Waals surface area contributed by atoms with Crippen LogP contribution >= 0.6 is 23.1 Å². The minimum absolute atomic E-state index is 0.0691. The van der Waals surface area contributed by atoms with E-state index in [0.717, 1.165) is 21.4 Å². The lowest BCUT2D eigenvalue weighted by Gasteiger charge is -2.02. The fourth-order valence-electron chi connectivity index (χ4n) is 1.75. The Bertz CT molecular complexity index is 578. The van der Waals surface area contributed by atoms with E-state index in [1.54, 1.807) is 11.8 Å². The monoisotopic (exact) mass is 280 g/mol. The van der Waals surface area contributed by atoms with Crippen molar-refractivity contribution < 1.29 is 4.79 Å². The van der Waals surface area contributed by atoms with E-state index in [0.29, 0.717) is 17.1 Å². The first-order valence-electron chi connectivity index (χ1n) is 5.69. The van der Waals surface area contributed by atoms with Gasteiger partial charge in [0.25, 0.3) is 5.91 Å². The van der Waals surface area contributed by atoms with E-state index >= 15 is 0 Å². The molecule has 5 heteroatoms. The highest BCUT2D eigenvalue weighted by atomic mass is 32.2. The maximum absolute atomic E-state index is 12.0. The smallest absolute Gasteiger partial charge is 0.263 e. The van der Waals surface area contributed by atoms with Gasteiger partial charge in [0, 0.05) is 22.4 Å². The Morgan fingerprint density at radius 1 is 1.50 bits per heavy atom. The number of hydrogen-bond acceptors (Lipinski definition) is 4. The van der Waals surface area contributed by atoms with Crippen LogP contribution in [0.5, 0.6) is 0 Å². The zero-order valence-corrected chi connectivity index (χ0v) is 12.1. The molecule has 0 aliphatic carbocycles. The fourth-order valence-corrected chi connectivity index (χ4v) is 3.07. The number of fused-ring (bicyclic) bond motifs is 1. The fraction of sp³-hybridized carbons (Fsp3) is 0.308. The molecular formula is C13H16N2OS2. The quantitative estimate of drug-likeness (QED) is 0.847. The number of amides is 1. The molecule has 0 saturated carbocycles. The van der Waals surface area contributed by atoms with Crippen LogP contribution in [-0.2, 0) is 0 Å². The molecule has 2 rings (SSSR count). The molecule has 0 spiro atoms. The van der Waals surface area contributed by atoms with Crippen LogP contribution in [0.3, 0.4) is 0 Å². The molecule has 18 heavy (non-hydrogen) atoms. The molecule has 0 fully saturated rings. The molecule has 2 aromatic rings. The summed E-state index contributed by atoms with van der Waals surface area (Å²) in [4.78, 5) is 12.6. The molecule has 0 aliphatic heterocycles. The minimum Gasteiger partial charge on any atom is -0.397 e. The maximum Gasteiger partial charge on any atom is 0.263 e. The first-order chi connectivity index (χ1) is 8.63. The van der Waals surface area contributed by atoms with Gasteiger partial charge in [-0.15, -0.1) is 11.3 Å². The molecular weight excluding hydrogens is 264 g/mol. The van der Waals surface area contributed by atoms with Gasteiger partial charge >= 0.3 is 0 Å². The highest BCUT2D eigenvalue weighted by Gasteiger charge is 2.15. The number of carbonyl (C=O) groups excluding carboxylic acids is 1. The Balaban J connectivity index is 2.28. The average Bonchev–Trinajstić information content (AvgIpc) is 2.67.